The van der Waals surface area contributed by atoms with Crippen LogP contribution < -0.4 is 25.4 Å². The molecule has 7 heteroatoms. The third-order valence-electron chi connectivity index (χ3n) is 5.01. The van der Waals surface area contributed by atoms with Crippen LogP contribution in [0.5, 0.6) is 11.5 Å². The molecule has 0 saturated carbocycles. The molecule has 0 amide bonds. The molecule has 0 aliphatic heterocycles. The Morgan fingerprint density at radius 3 is 1.61 bits per heavy atom. The van der Waals surface area contributed by atoms with Crippen molar-refractivity contribution in [3.63, 3.8) is 0 Å². The molecule has 2 aromatic rings. The summed E-state index contributed by atoms with van der Waals surface area (Å²) in [5.74, 6) is 5.99. The lowest BCUT2D eigenvalue weighted by Gasteiger charge is -2.23. The molecule has 0 radical (unpaired) electrons. The fraction of sp³-hybridized carbons (Fsp3) is 0.500. The molecule has 0 aliphatic carbocycles. The third-order valence-corrected chi connectivity index (χ3v) is 7.36. The Hall–Kier alpha value is -1.38. The Labute approximate surface area is 196 Å². The van der Waals surface area contributed by atoms with Gasteiger partial charge in [0.1, 0.15) is 11.5 Å². The van der Waals surface area contributed by atoms with Crippen LogP contribution in [0, 0.1) is 0 Å². The van der Waals surface area contributed by atoms with Crippen LogP contribution in [0.2, 0.25) is 0 Å². The highest BCUT2D eigenvalue weighted by molar-refractivity contribution is 7.98. The van der Waals surface area contributed by atoms with E-state index < -0.39 is 0 Å². The van der Waals surface area contributed by atoms with Crippen molar-refractivity contribution < 1.29 is 9.47 Å². The zero-order valence-corrected chi connectivity index (χ0v) is 20.8. The second-order valence-corrected chi connectivity index (χ2v) is 9.44. The molecular formula is C24H37N3O2S2. The minimum absolute atomic E-state index is 0.439. The molecule has 0 saturated heterocycles. The van der Waals surface area contributed by atoms with Crippen LogP contribution in [0.3, 0.4) is 0 Å². The van der Waals surface area contributed by atoms with E-state index in [4.69, 9.17) is 9.47 Å². The smallest absolute Gasteiger partial charge is 0.118 e. The molecule has 0 aromatic heterocycles. The quantitative estimate of drug-likeness (QED) is 0.351. The Morgan fingerprint density at radius 1 is 0.710 bits per heavy atom. The summed E-state index contributed by atoms with van der Waals surface area (Å²) in [5.41, 5.74) is 2.66. The lowest BCUT2D eigenvalue weighted by atomic mass is 10.2. The number of methoxy groups -OCH3 is 2. The van der Waals surface area contributed by atoms with E-state index in [0.29, 0.717) is 12.1 Å². The van der Waals surface area contributed by atoms with E-state index in [2.05, 4.69) is 40.2 Å². The van der Waals surface area contributed by atoms with Crippen LogP contribution in [0.4, 0.5) is 0 Å². The first kappa shape index (κ1) is 25.9. The molecule has 2 atom stereocenters. The van der Waals surface area contributed by atoms with E-state index >= 15 is 0 Å². The molecular weight excluding hydrogens is 426 g/mol. The maximum absolute atomic E-state index is 5.23. The Bertz CT molecular complexity index is 714. The van der Waals surface area contributed by atoms with Crippen molar-refractivity contribution in [1.29, 1.82) is 0 Å². The first-order valence-corrected chi connectivity index (χ1v) is 13.0. The van der Waals surface area contributed by atoms with Crippen LogP contribution in [-0.2, 0) is 11.5 Å². The SMILES string of the molecule is CNC[C@H](CSCc1ccc(OC)cc1)NC[C@H](CSCc1ccc(OC)cc1)NC. The fourth-order valence-electron chi connectivity index (χ4n) is 3.07. The summed E-state index contributed by atoms with van der Waals surface area (Å²) < 4.78 is 10.5. The number of benzene rings is 2. The Morgan fingerprint density at radius 2 is 1.19 bits per heavy atom. The van der Waals surface area contributed by atoms with Gasteiger partial charge in [0.05, 0.1) is 14.2 Å². The molecule has 5 nitrogen and oxygen atoms in total. The van der Waals surface area contributed by atoms with E-state index in [0.717, 1.165) is 47.6 Å². The van der Waals surface area contributed by atoms with Crippen LogP contribution in [0.15, 0.2) is 48.5 Å². The van der Waals surface area contributed by atoms with Crippen molar-refractivity contribution in [2.45, 2.75) is 23.6 Å². The average Bonchev–Trinajstić information content (AvgIpc) is 2.82. The number of nitrogens with one attached hydrogen (secondary N) is 3. The molecule has 0 spiro atoms. The van der Waals surface area contributed by atoms with E-state index in [1.807, 2.05) is 61.9 Å². The molecule has 0 unspecified atom stereocenters. The van der Waals surface area contributed by atoms with Crippen molar-refractivity contribution in [3.8, 4) is 11.5 Å². The van der Waals surface area contributed by atoms with Gasteiger partial charge in [0.25, 0.3) is 0 Å². The van der Waals surface area contributed by atoms with Crippen LogP contribution in [0.1, 0.15) is 11.1 Å². The second kappa shape index (κ2) is 15.4. The van der Waals surface area contributed by atoms with Gasteiger partial charge in [-0.15, -0.1) is 0 Å². The zero-order valence-electron chi connectivity index (χ0n) is 19.1. The number of hydrogen-bond acceptors (Lipinski definition) is 7. The molecule has 31 heavy (non-hydrogen) atoms. The van der Waals surface area contributed by atoms with Crippen LogP contribution in [-0.4, -0.2) is 65.0 Å². The van der Waals surface area contributed by atoms with Gasteiger partial charge in [-0.3, -0.25) is 0 Å². The van der Waals surface area contributed by atoms with E-state index in [9.17, 15) is 0 Å². The van der Waals surface area contributed by atoms with Gasteiger partial charge in [-0.2, -0.15) is 23.5 Å². The van der Waals surface area contributed by atoms with Gasteiger partial charge in [-0.1, -0.05) is 24.3 Å². The molecule has 172 valence electrons. The van der Waals surface area contributed by atoms with Crippen molar-refractivity contribution in [2.24, 2.45) is 0 Å². The van der Waals surface area contributed by atoms with Gasteiger partial charge in [0.2, 0.25) is 0 Å². The van der Waals surface area contributed by atoms with Gasteiger partial charge < -0.3 is 25.4 Å². The molecule has 3 N–H and O–H groups in total. The summed E-state index contributed by atoms with van der Waals surface area (Å²) in [4.78, 5) is 0. The number of hydrogen-bond donors (Lipinski definition) is 3. The predicted octanol–water partition coefficient (Wildman–Crippen LogP) is 3.64. The van der Waals surface area contributed by atoms with E-state index in [1.54, 1.807) is 14.2 Å². The lowest BCUT2D eigenvalue weighted by molar-refractivity contribution is 0.414. The minimum Gasteiger partial charge on any atom is -0.497 e. The maximum atomic E-state index is 5.23. The Balaban J connectivity index is 1.69. The summed E-state index contributed by atoms with van der Waals surface area (Å²) in [7, 11) is 7.47. The van der Waals surface area contributed by atoms with E-state index in [-0.39, 0.29) is 0 Å². The normalized spacial score (nSPS) is 13.0. The van der Waals surface area contributed by atoms with Gasteiger partial charge >= 0.3 is 0 Å². The number of thioether (sulfide) groups is 2. The average molecular weight is 464 g/mol. The summed E-state index contributed by atoms with van der Waals surface area (Å²) >= 11 is 3.93. The van der Waals surface area contributed by atoms with Crippen LogP contribution in [0.25, 0.3) is 0 Å². The summed E-state index contributed by atoms with van der Waals surface area (Å²) in [5, 5.41) is 10.5. The van der Waals surface area contributed by atoms with Crippen molar-refractivity contribution in [2.75, 3.05) is 52.9 Å². The monoisotopic (exact) mass is 463 g/mol. The van der Waals surface area contributed by atoms with Gasteiger partial charge in [0, 0.05) is 48.2 Å². The highest BCUT2D eigenvalue weighted by atomic mass is 32.2. The molecule has 0 heterocycles. The van der Waals surface area contributed by atoms with Crippen LogP contribution >= 0.6 is 23.5 Å². The maximum Gasteiger partial charge on any atom is 0.118 e. The first-order valence-electron chi connectivity index (χ1n) is 10.6. The molecule has 0 aliphatic rings. The highest BCUT2D eigenvalue weighted by Gasteiger charge is 2.12. The minimum atomic E-state index is 0.439. The van der Waals surface area contributed by atoms with Gasteiger partial charge in [-0.05, 0) is 49.5 Å². The third kappa shape index (κ3) is 10.2. The van der Waals surface area contributed by atoms with Crippen molar-refractivity contribution in [3.05, 3.63) is 59.7 Å². The topological polar surface area (TPSA) is 54.5 Å². The fourth-order valence-corrected chi connectivity index (χ4v) is 5.25. The number of rotatable bonds is 16. The van der Waals surface area contributed by atoms with Crippen molar-refractivity contribution >= 4 is 23.5 Å². The summed E-state index contributed by atoms with van der Waals surface area (Å²) in [6.07, 6.45) is 0. The first-order chi connectivity index (χ1) is 15.2. The largest absolute Gasteiger partial charge is 0.497 e. The molecule has 2 aromatic carbocycles. The Kier molecular flexibility index (Phi) is 12.9. The molecule has 0 fully saturated rings. The predicted molar refractivity (Wildman–Crippen MR) is 137 cm³/mol. The molecule has 2 rings (SSSR count). The van der Waals surface area contributed by atoms with Gasteiger partial charge in [-0.25, -0.2) is 0 Å². The van der Waals surface area contributed by atoms with E-state index in [1.165, 1.54) is 11.1 Å². The number of likely N-dealkylation sites (N-methyl/N-ethyl adjacent to an activating group) is 2. The summed E-state index contributed by atoms with van der Waals surface area (Å²) in [6.45, 7) is 1.92. The van der Waals surface area contributed by atoms with Gasteiger partial charge in [0.15, 0.2) is 0 Å². The lowest BCUT2D eigenvalue weighted by Crippen LogP contribution is -2.46. The molecule has 0 bridgehead atoms. The zero-order chi connectivity index (χ0) is 22.3. The van der Waals surface area contributed by atoms with Crippen molar-refractivity contribution in [1.82, 2.24) is 16.0 Å². The summed E-state index contributed by atoms with van der Waals surface area (Å²) in [6, 6.07) is 17.6. The number of ether oxygens (including phenoxy) is 2. The standard InChI is InChI=1S/C24H37N3O2S2/c1-25-13-22(18-31-16-20-7-11-24(29-4)12-8-20)27-14-21(26-2)17-30-15-19-5-9-23(28-3)10-6-19/h5-12,21-22,25-27H,13-18H2,1-4H3/t21-,22-/m1/s1. The second-order valence-electron chi connectivity index (χ2n) is 7.37. The highest BCUT2D eigenvalue weighted by Crippen LogP contribution is 2.18.